The summed E-state index contributed by atoms with van der Waals surface area (Å²) in [6.45, 7) is -0.279. The van der Waals surface area contributed by atoms with Gasteiger partial charge in [-0.05, 0) is 42.5 Å². The number of para-hydroxylation sites is 2. The van der Waals surface area contributed by atoms with Crippen LogP contribution in [0.5, 0.6) is 11.5 Å². The maximum atomic E-state index is 13.9. The number of thiazole rings is 1. The highest BCUT2D eigenvalue weighted by molar-refractivity contribution is 8.00. The van der Waals surface area contributed by atoms with Crippen molar-refractivity contribution in [3.63, 3.8) is 0 Å². The molecule has 1 aromatic heterocycles. The molecule has 3 aromatic carbocycles. The normalized spacial score (nSPS) is 19.7. The summed E-state index contributed by atoms with van der Waals surface area (Å²) in [5.74, 6) is -1.93. The first kappa shape index (κ1) is 25.9. The molecular formula is C29H23N3O6S2. The van der Waals surface area contributed by atoms with Gasteiger partial charge < -0.3 is 15.2 Å². The van der Waals surface area contributed by atoms with Crippen molar-refractivity contribution >= 4 is 52.2 Å². The van der Waals surface area contributed by atoms with Crippen LogP contribution in [-0.2, 0) is 20.9 Å². The van der Waals surface area contributed by atoms with Crippen molar-refractivity contribution in [2.75, 3.05) is 17.3 Å². The Morgan fingerprint density at radius 2 is 1.65 bits per heavy atom. The fourth-order valence-corrected chi connectivity index (χ4v) is 8.00. The molecule has 0 aliphatic carbocycles. The van der Waals surface area contributed by atoms with Gasteiger partial charge in [0.1, 0.15) is 23.3 Å². The van der Waals surface area contributed by atoms with Gasteiger partial charge >= 0.3 is 4.87 Å². The molecule has 3 amide bonds. The monoisotopic (exact) mass is 573 g/mol. The van der Waals surface area contributed by atoms with Crippen LogP contribution < -0.4 is 19.8 Å². The number of carbonyl (C=O) groups is 3. The predicted octanol–water partition coefficient (Wildman–Crippen LogP) is 4.06. The van der Waals surface area contributed by atoms with E-state index >= 15 is 0 Å². The lowest BCUT2D eigenvalue weighted by Gasteiger charge is -2.31. The van der Waals surface area contributed by atoms with Crippen LogP contribution in [0.25, 0.3) is 0 Å². The number of rotatable bonds is 6. The minimum atomic E-state index is -0.796. The van der Waals surface area contributed by atoms with Gasteiger partial charge in [-0.1, -0.05) is 59.5 Å². The number of aromatic hydroxyl groups is 1. The van der Waals surface area contributed by atoms with Crippen molar-refractivity contribution < 1.29 is 24.2 Å². The van der Waals surface area contributed by atoms with Crippen LogP contribution in [0, 0.1) is 5.92 Å². The molecule has 6 rings (SSSR count). The van der Waals surface area contributed by atoms with Crippen LogP contribution in [0.4, 0.5) is 11.4 Å². The fraction of sp³-hybridized carbons (Fsp3) is 0.172. The number of methoxy groups -OCH3 is 1. The van der Waals surface area contributed by atoms with Crippen LogP contribution in [0.2, 0.25) is 0 Å². The molecule has 0 spiro atoms. The zero-order chi connectivity index (χ0) is 28.0. The van der Waals surface area contributed by atoms with Gasteiger partial charge in [0.2, 0.25) is 17.7 Å². The predicted molar refractivity (Wildman–Crippen MR) is 152 cm³/mol. The number of nitrogens with zero attached hydrogens (tertiary/aromatic N) is 2. The zero-order valence-corrected chi connectivity index (χ0v) is 22.8. The highest BCUT2D eigenvalue weighted by Crippen LogP contribution is 2.55. The van der Waals surface area contributed by atoms with E-state index in [4.69, 9.17) is 4.74 Å². The molecule has 0 bridgehead atoms. The molecule has 4 aromatic rings. The number of imide groups is 1. The van der Waals surface area contributed by atoms with Crippen LogP contribution in [0.15, 0.2) is 88.7 Å². The fourth-order valence-electron chi connectivity index (χ4n) is 5.23. The number of thioether (sulfide) groups is 1. The Bertz CT molecular complexity index is 1680. The summed E-state index contributed by atoms with van der Waals surface area (Å²) in [6.07, 6.45) is 0. The van der Waals surface area contributed by atoms with Crippen LogP contribution in [0.3, 0.4) is 0 Å². The molecule has 1 fully saturated rings. The molecule has 0 saturated carbocycles. The number of aromatic nitrogens is 1. The van der Waals surface area contributed by atoms with E-state index in [9.17, 15) is 24.3 Å². The van der Waals surface area contributed by atoms with Gasteiger partial charge in [0, 0.05) is 22.0 Å². The molecule has 40 heavy (non-hydrogen) atoms. The third-order valence-electron chi connectivity index (χ3n) is 6.99. The smallest absolute Gasteiger partial charge is 0.308 e. The maximum Gasteiger partial charge on any atom is 0.308 e. The van der Waals surface area contributed by atoms with Crippen molar-refractivity contribution in [3.8, 4) is 11.5 Å². The molecule has 9 nitrogen and oxygen atoms in total. The van der Waals surface area contributed by atoms with Crippen LogP contribution in [-0.4, -0.2) is 39.8 Å². The second-order valence-electron chi connectivity index (χ2n) is 9.35. The maximum absolute atomic E-state index is 13.9. The molecular weight excluding hydrogens is 550 g/mol. The third kappa shape index (κ3) is 4.37. The number of ether oxygens (including phenoxy) is 1. The first-order valence-corrected chi connectivity index (χ1v) is 14.1. The SMILES string of the molecule is COc1ccccc1[C@H]1c2sc(=O)n(CC(=O)Nc3ccc(O)cc3)c2SC2C(=O)N(c3ccccc3)C(=O)C21. The Hall–Kier alpha value is -4.35. The van der Waals surface area contributed by atoms with E-state index in [2.05, 4.69) is 5.32 Å². The first-order chi connectivity index (χ1) is 19.4. The minimum absolute atomic E-state index is 0.0646. The third-order valence-corrected chi connectivity index (χ3v) is 9.59. The van der Waals surface area contributed by atoms with Crippen molar-refractivity contribution in [1.82, 2.24) is 4.57 Å². The van der Waals surface area contributed by atoms with Gasteiger partial charge in [0.25, 0.3) is 0 Å². The zero-order valence-electron chi connectivity index (χ0n) is 21.1. The highest BCUT2D eigenvalue weighted by Gasteiger charge is 2.57. The van der Waals surface area contributed by atoms with Gasteiger partial charge in [-0.3, -0.25) is 23.7 Å². The molecule has 2 aliphatic rings. The Morgan fingerprint density at radius 1 is 0.950 bits per heavy atom. The Kier molecular flexibility index (Phi) is 6.68. The number of benzene rings is 3. The number of anilines is 2. The Morgan fingerprint density at radius 3 is 2.38 bits per heavy atom. The molecule has 2 aliphatic heterocycles. The molecule has 202 valence electrons. The van der Waals surface area contributed by atoms with Crippen molar-refractivity contribution in [3.05, 3.63) is 99.0 Å². The lowest BCUT2D eigenvalue weighted by atomic mass is 9.82. The van der Waals surface area contributed by atoms with E-state index in [0.717, 1.165) is 23.1 Å². The molecule has 2 unspecified atom stereocenters. The van der Waals surface area contributed by atoms with Gasteiger partial charge in [0.05, 0.1) is 23.7 Å². The summed E-state index contributed by atoms with van der Waals surface area (Å²) in [4.78, 5) is 55.4. The number of nitrogens with one attached hydrogen (secondary N) is 1. The van der Waals surface area contributed by atoms with E-state index in [0.29, 0.717) is 32.6 Å². The number of phenolic OH excluding ortho intramolecular Hbond substituents is 1. The van der Waals surface area contributed by atoms with Gasteiger partial charge in [-0.2, -0.15) is 0 Å². The van der Waals surface area contributed by atoms with E-state index in [1.807, 2.05) is 24.3 Å². The molecule has 3 heterocycles. The summed E-state index contributed by atoms with van der Waals surface area (Å²) in [5, 5.41) is 11.9. The molecule has 1 saturated heterocycles. The van der Waals surface area contributed by atoms with Crippen molar-refractivity contribution in [1.29, 1.82) is 0 Å². The lowest BCUT2D eigenvalue weighted by molar-refractivity contribution is -0.122. The van der Waals surface area contributed by atoms with Crippen LogP contribution in [0.1, 0.15) is 16.4 Å². The summed E-state index contributed by atoms with van der Waals surface area (Å²) < 4.78 is 7.00. The first-order valence-electron chi connectivity index (χ1n) is 12.4. The highest BCUT2D eigenvalue weighted by atomic mass is 32.2. The second kappa shape index (κ2) is 10.3. The number of hydrogen-bond acceptors (Lipinski definition) is 8. The number of hydrogen-bond donors (Lipinski definition) is 2. The minimum Gasteiger partial charge on any atom is -0.508 e. The van der Waals surface area contributed by atoms with Crippen molar-refractivity contribution in [2.45, 2.75) is 22.7 Å². The molecule has 0 radical (unpaired) electrons. The van der Waals surface area contributed by atoms with E-state index in [1.165, 1.54) is 28.7 Å². The Balaban J connectivity index is 1.43. The number of phenols is 1. The summed E-state index contributed by atoms with van der Waals surface area (Å²) >= 11 is 2.13. The lowest BCUT2D eigenvalue weighted by Crippen LogP contribution is -2.33. The summed E-state index contributed by atoms with van der Waals surface area (Å²) in [5.41, 5.74) is 1.65. The topological polar surface area (TPSA) is 118 Å². The molecule has 3 atom stereocenters. The second-order valence-corrected chi connectivity index (χ2v) is 11.5. The van der Waals surface area contributed by atoms with Crippen LogP contribution >= 0.6 is 23.1 Å². The molecule has 11 heteroatoms. The van der Waals surface area contributed by atoms with Crippen molar-refractivity contribution in [2.24, 2.45) is 5.92 Å². The number of carbonyl (C=O) groups excluding carboxylic acids is 3. The molecule has 2 N–H and O–H groups in total. The average molecular weight is 574 g/mol. The number of fused-ring (bicyclic) bond motifs is 2. The van der Waals surface area contributed by atoms with Gasteiger partial charge in [0.15, 0.2) is 0 Å². The number of amides is 3. The van der Waals surface area contributed by atoms with E-state index in [1.54, 1.807) is 42.5 Å². The van der Waals surface area contributed by atoms with E-state index in [-0.39, 0.29) is 29.0 Å². The summed E-state index contributed by atoms with van der Waals surface area (Å²) in [7, 11) is 1.54. The quantitative estimate of drug-likeness (QED) is 0.264. The van der Waals surface area contributed by atoms with Gasteiger partial charge in [-0.15, -0.1) is 0 Å². The Labute approximate surface area is 237 Å². The largest absolute Gasteiger partial charge is 0.508 e. The van der Waals surface area contributed by atoms with E-state index < -0.39 is 23.0 Å². The average Bonchev–Trinajstić information content (AvgIpc) is 3.40. The van der Waals surface area contributed by atoms with Gasteiger partial charge in [-0.25, -0.2) is 4.90 Å². The standard InChI is InChI=1S/C29H23N3O6S2/c1-38-20-10-6-5-9-19(20)22-23-24(27(36)32(26(23)35)17-7-3-2-4-8-17)39-28-25(22)40-29(37)31(28)15-21(34)30-16-11-13-18(33)14-12-16/h2-14,22-24,33H,15H2,1H3,(H,30,34)/t22-,23?,24?/m1/s1. The summed E-state index contributed by atoms with van der Waals surface area (Å²) in [6, 6.07) is 22.1.